The highest BCUT2D eigenvalue weighted by Gasteiger charge is 2.17. The zero-order valence-electron chi connectivity index (χ0n) is 12.7. The van der Waals surface area contributed by atoms with Crippen LogP contribution in [-0.2, 0) is 4.74 Å². The van der Waals surface area contributed by atoms with Gasteiger partial charge in [0.1, 0.15) is 5.76 Å². The molecule has 2 unspecified atom stereocenters. The second-order valence-corrected chi connectivity index (χ2v) is 5.72. The molecule has 1 N–H and O–H groups in total. The van der Waals surface area contributed by atoms with Gasteiger partial charge in [0, 0.05) is 18.6 Å². The standard InChI is InChI=1S/C17H23NO3/c1-12(18-8-6-13-7-9-20-11-13)16-10-14-4-3-5-15(19-2)17(14)21-16/h3-5,10,12-13,18H,6-9,11H2,1-2H3. The maximum atomic E-state index is 5.96. The molecule has 21 heavy (non-hydrogen) atoms. The van der Waals surface area contributed by atoms with E-state index in [9.17, 15) is 0 Å². The Kier molecular flexibility index (Phi) is 4.46. The van der Waals surface area contributed by atoms with Crippen molar-refractivity contribution >= 4 is 11.0 Å². The summed E-state index contributed by atoms with van der Waals surface area (Å²) in [6.45, 7) is 4.96. The Balaban J connectivity index is 1.62. The van der Waals surface area contributed by atoms with Crippen molar-refractivity contribution in [1.29, 1.82) is 0 Å². The van der Waals surface area contributed by atoms with Gasteiger partial charge < -0.3 is 19.2 Å². The van der Waals surface area contributed by atoms with Crippen molar-refractivity contribution < 1.29 is 13.9 Å². The van der Waals surface area contributed by atoms with Gasteiger partial charge in [-0.15, -0.1) is 0 Å². The zero-order valence-corrected chi connectivity index (χ0v) is 12.7. The van der Waals surface area contributed by atoms with E-state index in [2.05, 4.69) is 18.3 Å². The molecule has 0 amide bonds. The van der Waals surface area contributed by atoms with Gasteiger partial charge in [-0.2, -0.15) is 0 Å². The van der Waals surface area contributed by atoms with Crippen LogP contribution in [0, 0.1) is 5.92 Å². The highest BCUT2D eigenvalue weighted by molar-refractivity contribution is 5.83. The van der Waals surface area contributed by atoms with Crippen LogP contribution >= 0.6 is 0 Å². The van der Waals surface area contributed by atoms with E-state index >= 15 is 0 Å². The van der Waals surface area contributed by atoms with Crippen LogP contribution in [0.2, 0.25) is 0 Å². The first-order valence-electron chi connectivity index (χ1n) is 7.65. The number of para-hydroxylation sites is 1. The average Bonchev–Trinajstić information content (AvgIpc) is 3.15. The van der Waals surface area contributed by atoms with Crippen LogP contribution in [-0.4, -0.2) is 26.9 Å². The number of hydrogen-bond acceptors (Lipinski definition) is 4. The summed E-state index contributed by atoms with van der Waals surface area (Å²) in [6, 6.07) is 8.25. The van der Waals surface area contributed by atoms with Crippen molar-refractivity contribution in [3.8, 4) is 5.75 Å². The predicted molar refractivity (Wildman–Crippen MR) is 82.7 cm³/mol. The highest BCUT2D eigenvalue weighted by Crippen LogP contribution is 2.30. The number of benzene rings is 1. The molecule has 1 aromatic heterocycles. The van der Waals surface area contributed by atoms with E-state index in [0.717, 1.165) is 48.7 Å². The molecule has 114 valence electrons. The molecule has 0 bridgehead atoms. The Morgan fingerprint density at radius 1 is 1.43 bits per heavy atom. The quantitative estimate of drug-likeness (QED) is 0.883. The van der Waals surface area contributed by atoms with Gasteiger partial charge in [-0.1, -0.05) is 12.1 Å². The van der Waals surface area contributed by atoms with Crippen LogP contribution in [0.5, 0.6) is 5.75 Å². The molecule has 1 saturated heterocycles. The molecule has 3 rings (SSSR count). The molecule has 1 aliphatic rings. The average molecular weight is 289 g/mol. The molecule has 2 heterocycles. The first-order valence-corrected chi connectivity index (χ1v) is 7.65. The smallest absolute Gasteiger partial charge is 0.176 e. The normalized spacial score (nSPS) is 20.0. The lowest BCUT2D eigenvalue weighted by atomic mass is 10.1. The fourth-order valence-corrected chi connectivity index (χ4v) is 2.85. The number of methoxy groups -OCH3 is 1. The third-order valence-electron chi connectivity index (χ3n) is 4.20. The Bertz CT molecular complexity index is 587. The lowest BCUT2D eigenvalue weighted by molar-refractivity contribution is 0.184. The van der Waals surface area contributed by atoms with Gasteiger partial charge in [0.25, 0.3) is 0 Å². The number of hydrogen-bond donors (Lipinski definition) is 1. The molecule has 0 radical (unpaired) electrons. The summed E-state index contributed by atoms with van der Waals surface area (Å²) in [4.78, 5) is 0. The minimum Gasteiger partial charge on any atom is -0.493 e. The lowest BCUT2D eigenvalue weighted by Crippen LogP contribution is -2.21. The minimum absolute atomic E-state index is 0.199. The summed E-state index contributed by atoms with van der Waals surface area (Å²) in [6.07, 6.45) is 2.35. The van der Waals surface area contributed by atoms with Crippen molar-refractivity contribution in [2.75, 3.05) is 26.9 Å². The number of fused-ring (bicyclic) bond motifs is 1. The molecule has 4 heteroatoms. The minimum atomic E-state index is 0.199. The van der Waals surface area contributed by atoms with E-state index in [1.165, 1.54) is 6.42 Å². The fourth-order valence-electron chi connectivity index (χ4n) is 2.85. The molecule has 1 aliphatic heterocycles. The second-order valence-electron chi connectivity index (χ2n) is 5.72. The zero-order chi connectivity index (χ0) is 14.7. The summed E-state index contributed by atoms with van der Waals surface area (Å²) in [5, 5.41) is 4.62. The Morgan fingerprint density at radius 2 is 2.33 bits per heavy atom. The molecule has 0 aliphatic carbocycles. The maximum absolute atomic E-state index is 5.96. The van der Waals surface area contributed by atoms with Crippen molar-refractivity contribution in [2.24, 2.45) is 5.92 Å². The van der Waals surface area contributed by atoms with Gasteiger partial charge >= 0.3 is 0 Å². The lowest BCUT2D eigenvalue weighted by Gasteiger charge is -2.13. The van der Waals surface area contributed by atoms with Crippen LogP contribution in [0.4, 0.5) is 0 Å². The van der Waals surface area contributed by atoms with Crippen molar-refractivity contribution in [2.45, 2.75) is 25.8 Å². The molecule has 2 atom stereocenters. The van der Waals surface area contributed by atoms with Crippen LogP contribution in [0.1, 0.15) is 31.6 Å². The Labute approximate surface area is 125 Å². The number of furan rings is 1. The number of nitrogens with one attached hydrogen (secondary N) is 1. The topological polar surface area (TPSA) is 43.6 Å². The molecule has 2 aromatic rings. The molecule has 0 saturated carbocycles. The van der Waals surface area contributed by atoms with E-state index < -0.39 is 0 Å². The van der Waals surface area contributed by atoms with Crippen LogP contribution < -0.4 is 10.1 Å². The summed E-state index contributed by atoms with van der Waals surface area (Å²) in [5.41, 5.74) is 0.827. The number of rotatable bonds is 6. The number of ether oxygens (including phenoxy) is 2. The molecule has 4 nitrogen and oxygen atoms in total. The summed E-state index contributed by atoms with van der Waals surface area (Å²) >= 11 is 0. The van der Waals surface area contributed by atoms with Crippen molar-refractivity contribution in [3.63, 3.8) is 0 Å². The molecular formula is C17H23NO3. The third-order valence-corrected chi connectivity index (χ3v) is 4.20. The van der Waals surface area contributed by atoms with Crippen LogP contribution in [0.25, 0.3) is 11.0 Å². The summed E-state index contributed by atoms with van der Waals surface area (Å²) in [7, 11) is 1.67. The predicted octanol–water partition coefficient (Wildman–Crippen LogP) is 3.52. The molecule has 1 fully saturated rings. The summed E-state index contributed by atoms with van der Waals surface area (Å²) < 4.78 is 16.7. The Morgan fingerprint density at radius 3 is 3.10 bits per heavy atom. The maximum Gasteiger partial charge on any atom is 0.176 e. The van der Waals surface area contributed by atoms with Crippen molar-refractivity contribution in [3.05, 3.63) is 30.0 Å². The second kappa shape index (κ2) is 6.50. The van der Waals surface area contributed by atoms with E-state index in [1.54, 1.807) is 7.11 Å². The van der Waals surface area contributed by atoms with Gasteiger partial charge in [0.15, 0.2) is 11.3 Å². The highest BCUT2D eigenvalue weighted by atomic mass is 16.5. The van der Waals surface area contributed by atoms with E-state index in [4.69, 9.17) is 13.9 Å². The summed E-state index contributed by atoms with van der Waals surface area (Å²) in [5.74, 6) is 2.45. The van der Waals surface area contributed by atoms with Gasteiger partial charge in [0.2, 0.25) is 0 Å². The Hall–Kier alpha value is -1.52. The van der Waals surface area contributed by atoms with Gasteiger partial charge in [-0.3, -0.25) is 0 Å². The van der Waals surface area contributed by atoms with E-state index in [-0.39, 0.29) is 6.04 Å². The van der Waals surface area contributed by atoms with Crippen molar-refractivity contribution in [1.82, 2.24) is 5.32 Å². The monoisotopic (exact) mass is 289 g/mol. The van der Waals surface area contributed by atoms with Gasteiger partial charge in [-0.25, -0.2) is 0 Å². The molecule has 1 aromatic carbocycles. The fraction of sp³-hybridized carbons (Fsp3) is 0.529. The SMILES string of the molecule is COc1cccc2cc(C(C)NCCC3CCOC3)oc12. The molecular weight excluding hydrogens is 266 g/mol. The van der Waals surface area contributed by atoms with Crippen LogP contribution in [0.15, 0.2) is 28.7 Å². The molecule has 0 spiro atoms. The first-order chi connectivity index (χ1) is 10.3. The third kappa shape index (κ3) is 3.22. The van der Waals surface area contributed by atoms with E-state index in [0.29, 0.717) is 5.92 Å². The van der Waals surface area contributed by atoms with E-state index in [1.807, 2.05) is 18.2 Å². The first kappa shape index (κ1) is 14.4. The van der Waals surface area contributed by atoms with Crippen LogP contribution in [0.3, 0.4) is 0 Å². The van der Waals surface area contributed by atoms with Gasteiger partial charge in [-0.05, 0) is 44.4 Å². The van der Waals surface area contributed by atoms with Gasteiger partial charge in [0.05, 0.1) is 13.2 Å². The largest absolute Gasteiger partial charge is 0.493 e.